The molecule has 158 valence electrons. The predicted octanol–water partition coefficient (Wildman–Crippen LogP) is 5.23. The van der Waals surface area contributed by atoms with Gasteiger partial charge < -0.3 is 9.47 Å². The van der Waals surface area contributed by atoms with Crippen LogP contribution in [0.25, 0.3) is 0 Å². The standard InChI is InChI=1S/C23H20ClFN4O2/c1-15-10-17(13-30-2)19(11-26)23(28-15)29-27-12-16-6-8-18(9-7-16)31-14-20-21(24)4-3-5-22(20)25/h3-10,12H,13-14H2,1-2H3,(H,28,29)/b27-12+. The van der Waals surface area contributed by atoms with Crippen molar-refractivity contribution >= 4 is 23.6 Å². The molecule has 3 rings (SSSR count). The van der Waals surface area contributed by atoms with Gasteiger partial charge in [-0.05, 0) is 55.0 Å². The van der Waals surface area contributed by atoms with Crippen LogP contribution < -0.4 is 10.2 Å². The second kappa shape index (κ2) is 10.5. The van der Waals surface area contributed by atoms with Gasteiger partial charge in [-0.25, -0.2) is 9.37 Å². The highest BCUT2D eigenvalue weighted by molar-refractivity contribution is 6.31. The van der Waals surface area contributed by atoms with Crippen LogP contribution in [-0.4, -0.2) is 18.3 Å². The fourth-order valence-corrected chi connectivity index (χ4v) is 3.08. The Hall–Kier alpha value is -3.47. The maximum Gasteiger partial charge on any atom is 0.164 e. The Kier molecular flexibility index (Phi) is 7.55. The lowest BCUT2D eigenvalue weighted by Crippen LogP contribution is -2.03. The van der Waals surface area contributed by atoms with Gasteiger partial charge in [0.25, 0.3) is 0 Å². The van der Waals surface area contributed by atoms with E-state index >= 15 is 0 Å². The SMILES string of the molecule is COCc1cc(C)nc(N/N=C/c2ccc(OCc3c(F)cccc3Cl)cc2)c1C#N. The maximum absolute atomic E-state index is 13.8. The second-order valence-corrected chi connectivity index (χ2v) is 7.03. The van der Waals surface area contributed by atoms with Crippen LogP contribution in [0.1, 0.15) is 27.9 Å². The van der Waals surface area contributed by atoms with Gasteiger partial charge in [-0.15, -0.1) is 0 Å². The summed E-state index contributed by atoms with van der Waals surface area (Å²) < 4.78 is 24.6. The van der Waals surface area contributed by atoms with Crippen LogP contribution >= 0.6 is 11.6 Å². The van der Waals surface area contributed by atoms with Gasteiger partial charge >= 0.3 is 0 Å². The lowest BCUT2D eigenvalue weighted by Gasteiger charge is -2.09. The van der Waals surface area contributed by atoms with Gasteiger partial charge in [-0.2, -0.15) is 10.4 Å². The summed E-state index contributed by atoms with van der Waals surface area (Å²) in [7, 11) is 1.57. The van der Waals surface area contributed by atoms with Crippen molar-refractivity contribution in [2.45, 2.75) is 20.1 Å². The van der Waals surface area contributed by atoms with Gasteiger partial charge in [0.1, 0.15) is 29.8 Å². The number of nitriles is 1. The Morgan fingerprint density at radius 2 is 2.00 bits per heavy atom. The molecule has 2 aromatic carbocycles. The first-order valence-corrected chi connectivity index (χ1v) is 9.74. The normalized spacial score (nSPS) is 10.8. The van der Waals surface area contributed by atoms with Crippen molar-refractivity contribution < 1.29 is 13.9 Å². The number of aryl methyl sites for hydroxylation is 1. The Morgan fingerprint density at radius 1 is 1.23 bits per heavy atom. The van der Waals surface area contributed by atoms with Crippen LogP contribution in [0.5, 0.6) is 5.75 Å². The van der Waals surface area contributed by atoms with Crippen molar-refractivity contribution in [3.05, 3.63) is 87.3 Å². The van der Waals surface area contributed by atoms with E-state index in [-0.39, 0.29) is 6.61 Å². The first-order chi connectivity index (χ1) is 15.0. The minimum Gasteiger partial charge on any atom is -0.489 e. The number of halogens is 2. The Morgan fingerprint density at radius 3 is 2.68 bits per heavy atom. The van der Waals surface area contributed by atoms with Crippen molar-refractivity contribution in [3.8, 4) is 11.8 Å². The van der Waals surface area contributed by atoms with E-state index in [2.05, 4.69) is 21.6 Å². The highest BCUT2D eigenvalue weighted by Gasteiger charge is 2.11. The summed E-state index contributed by atoms with van der Waals surface area (Å²) >= 11 is 6.01. The molecule has 0 spiro atoms. The number of hydrogen-bond donors (Lipinski definition) is 1. The molecule has 3 aromatic rings. The average molecular weight is 439 g/mol. The molecule has 1 aromatic heterocycles. The summed E-state index contributed by atoms with van der Waals surface area (Å²) in [4.78, 5) is 4.34. The van der Waals surface area contributed by atoms with Gasteiger partial charge in [0.05, 0.1) is 17.8 Å². The molecule has 6 nitrogen and oxygen atoms in total. The third kappa shape index (κ3) is 5.79. The molecule has 0 aliphatic heterocycles. The fourth-order valence-electron chi connectivity index (χ4n) is 2.86. The van der Waals surface area contributed by atoms with Crippen LogP contribution in [0.4, 0.5) is 10.2 Å². The highest BCUT2D eigenvalue weighted by atomic mass is 35.5. The molecule has 0 fully saturated rings. The quantitative estimate of drug-likeness (QED) is 0.385. The van der Waals surface area contributed by atoms with Crippen molar-refractivity contribution in [3.63, 3.8) is 0 Å². The molecule has 1 N–H and O–H groups in total. The van der Waals surface area contributed by atoms with Crippen LogP contribution in [0, 0.1) is 24.1 Å². The third-order valence-electron chi connectivity index (χ3n) is 4.35. The molecule has 0 saturated heterocycles. The minimum atomic E-state index is -0.405. The van der Waals surface area contributed by atoms with Gasteiger partial charge in [0.15, 0.2) is 5.82 Å². The van der Waals surface area contributed by atoms with Gasteiger partial charge in [0, 0.05) is 23.9 Å². The molecule has 0 radical (unpaired) electrons. The van der Waals surface area contributed by atoms with E-state index in [0.717, 1.165) is 16.8 Å². The Balaban J connectivity index is 1.65. The van der Waals surface area contributed by atoms with Crippen molar-refractivity contribution in [2.75, 3.05) is 12.5 Å². The first kappa shape index (κ1) is 22.2. The van der Waals surface area contributed by atoms with Crippen LogP contribution in [0.3, 0.4) is 0 Å². The molecular formula is C23H20ClFN4O2. The molecular weight excluding hydrogens is 419 g/mol. The molecule has 1 heterocycles. The molecule has 0 atom stereocenters. The fraction of sp³-hybridized carbons (Fsp3) is 0.174. The van der Waals surface area contributed by atoms with E-state index in [9.17, 15) is 9.65 Å². The lowest BCUT2D eigenvalue weighted by molar-refractivity contribution is 0.184. The predicted molar refractivity (Wildman–Crippen MR) is 118 cm³/mol. The van der Waals surface area contributed by atoms with Gasteiger partial charge in [-0.1, -0.05) is 17.7 Å². The summed E-state index contributed by atoms with van der Waals surface area (Å²) in [5, 5.41) is 13.9. The van der Waals surface area contributed by atoms with E-state index in [1.165, 1.54) is 6.07 Å². The van der Waals surface area contributed by atoms with E-state index in [1.54, 1.807) is 49.7 Å². The molecule has 31 heavy (non-hydrogen) atoms. The van der Waals surface area contributed by atoms with Crippen LogP contribution in [-0.2, 0) is 18.0 Å². The van der Waals surface area contributed by atoms with Crippen molar-refractivity contribution in [1.82, 2.24) is 4.98 Å². The highest BCUT2D eigenvalue weighted by Crippen LogP contribution is 2.22. The summed E-state index contributed by atoms with van der Waals surface area (Å²) in [6, 6.07) is 15.6. The zero-order chi connectivity index (χ0) is 22.2. The molecule has 0 bridgehead atoms. The monoisotopic (exact) mass is 438 g/mol. The topological polar surface area (TPSA) is 79.5 Å². The Labute approximate surface area is 184 Å². The number of anilines is 1. The van der Waals surface area contributed by atoms with Gasteiger partial charge in [-0.3, -0.25) is 5.43 Å². The lowest BCUT2D eigenvalue weighted by atomic mass is 10.1. The largest absolute Gasteiger partial charge is 0.489 e. The summed E-state index contributed by atoms with van der Waals surface area (Å²) in [6.07, 6.45) is 1.60. The van der Waals surface area contributed by atoms with Gasteiger partial charge in [0.2, 0.25) is 0 Å². The van der Waals surface area contributed by atoms with Crippen molar-refractivity contribution in [2.24, 2.45) is 5.10 Å². The van der Waals surface area contributed by atoms with E-state index in [4.69, 9.17) is 21.1 Å². The van der Waals surface area contributed by atoms with E-state index in [0.29, 0.717) is 34.3 Å². The molecule has 0 amide bonds. The van der Waals surface area contributed by atoms with Crippen LogP contribution in [0.2, 0.25) is 5.02 Å². The Bertz CT molecular complexity index is 1110. The molecule has 8 heteroatoms. The molecule has 0 saturated carbocycles. The zero-order valence-electron chi connectivity index (χ0n) is 17.0. The van der Waals surface area contributed by atoms with E-state index in [1.807, 2.05) is 13.0 Å². The summed E-state index contributed by atoms with van der Waals surface area (Å²) in [6.45, 7) is 2.17. The summed E-state index contributed by atoms with van der Waals surface area (Å²) in [5.41, 5.74) is 5.81. The second-order valence-electron chi connectivity index (χ2n) is 6.62. The molecule has 0 unspecified atom stereocenters. The number of benzene rings is 2. The maximum atomic E-state index is 13.8. The minimum absolute atomic E-state index is 0.0280. The number of methoxy groups -OCH3 is 1. The van der Waals surface area contributed by atoms with Crippen molar-refractivity contribution in [1.29, 1.82) is 5.26 Å². The molecule has 0 aliphatic carbocycles. The number of nitrogens with zero attached hydrogens (tertiary/aromatic N) is 3. The number of rotatable bonds is 8. The number of nitrogens with one attached hydrogen (secondary N) is 1. The number of hydrogen-bond acceptors (Lipinski definition) is 6. The van der Waals surface area contributed by atoms with Crippen LogP contribution in [0.15, 0.2) is 53.6 Å². The summed E-state index contributed by atoms with van der Waals surface area (Å²) in [5.74, 6) is 0.533. The van der Waals surface area contributed by atoms with E-state index < -0.39 is 5.82 Å². The number of hydrazone groups is 1. The first-order valence-electron chi connectivity index (χ1n) is 9.36. The number of ether oxygens (including phenoxy) is 2. The number of pyridine rings is 1. The third-order valence-corrected chi connectivity index (χ3v) is 4.70. The smallest absolute Gasteiger partial charge is 0.164 e. The average Bonchev–Trinajstić information content (AvgIpc) is 2.74. The zero-order valence-corrected chi connectivity index (χ0v) is 17.8. The molecule has 0 aliphatic rings. The number of aromatic nitrogens is 1.